The summed E-state index contributed by atoms with van der Waals surface area (Å²) in [6, 6.07) is -0.128. The van der Waals surface area contributed by atoms with E-state index in [2.05, 4.69) is 5.32 Å². The molecule has 0 aromatic carbocycles. The maximum atomic E-state index is 12.3. The number of hydrogen-bond acceptors (Lipinski definition) is 3. The molecule has 4 nitrogen and oxygen atoms in total. The van der Waals surface area contributed by atoms with Crippen LogP contribution in [0.1, 0.15) is 64.2 Å². The fourth-order valence-electron chi connectivity index (χ4n) is 4.20. The van der Waals surface area contributed by atoms with Crippen LogP contribution in [0, 0.1) is 55.9 Å². The predicted octanol–water partition coefficient (Wildman–Crippen LogP) is 2.66. The van der Waals surface area contributed by atoms with E-state index in [0.29, 0.717) is 11.8 Å². The number of nitrogens with zero attached hydrogens (tertiary/aromatic N) is 1. The van der Waals surface area contributed by atoms with Crippen LogP contribution in [0.3, 0.4) is 0 Å². The molecule has 1 amide bonds. The van der Waals surface area contributed by atoms with E-state index >= 15 is 0 Å². The minimum atomic E-state index is -0.128. The zero-order chi connectivity index (χ0) is 13.2. The number of nitrogens with one attached hydrogen (secondary N) is 1. The maximum absolute atomic E-state index is 12.3. The van der Waals surface area contributed by atoms with E-state index in [4.69, 9.17) is 0 Å². The van der Waals surface area contributed by atoms with Crippen molar-refractivity contribution in [3.8, 4) is 0 Å². The third-order valence-electron chi connectivity index (χ3n) is 5.32. The Balaban J connectivity index is 0.00000147. The molecule has 3 rings (SSSR count). The van der Waals surface area contributed by atoms with Gasteiger partial charge < -0.3 is 0 Å². The summed E-state index contributed by atoms with van der Waals surface area (Å²) in [7, 11) is 0. The molecule has 0 spiro atoms. The fourth-order valence-corrected chi connectivity index (χ4v) is 4.20. The van der Waals surface area contributed by atoms with E-state index in [0.717, 1.165) is 30.7 Å². The standard InChI is InChI=1S/C15H26N2O2.Ac/c18-15-13(11-7-3-1-4-8-11)16-14(17(15)19)12-9-5-2-6-10-12;/h11-14,16,19H,1-10H2;. The van der Waals surface area contributed by atoms with E-state index in [1.165, 1.54) is 38.5 Å². The minimum absolute atomic E-state index is 0. The van der Waals surface area contributed by atoms with Gasteiger partial charge in [-0.05, 0) is 37.5 Å². The van der Waals surface area contributed by atoms with Crippen molar-refractivity contribution in [3.05, 3.63) is 0 Å². The average Bonchev–Trinajstić information content (AvgIpc) is 2.77. The summed E-state index contributed by atoms with van der Waals surface area (Å²) in [6.07, 6.45) is 12.0. The first-order valence-corrected chi connectivity index (χ1v) is 8.05. The monoisotopic (exact) mass is 493 g/mol. The Morgan fingerprint density at radius 1 is 0.900 bits per heavy atom. The second-order valence-corrected chi connectivity index (χ2v) is 6.57. The van der Waals surface area contributed by atoms with Crippen LogP contribution in [-0.2, 0) is 4.79 Å². The van der Waals surface area contributed by atoms with E-state index < -0.39 is 0 Å². The molecule has 0 aromatic rings. The molecule has 1 heterocycles. The Morgan fingerprint density at radius 3 is 1.95 bits per heavy atom. The Hall–Kier alpha value is 0.832. The largest absolute Gasteiger partial charge is 0.284 e. The average molecular weight is 493 g/mol. The molecule has 111 valence electrons. The SMILES string of the molecule is O=C1C(C2CCCCC2)NC(C2CCCCC2)N1O.[Ac]. The molecule has 2 N–H and O–H groups in total. The number of amides is 1. The molecule has 0 bridgehead atoms. The number of carbonyl (C=O) groups is 1. The van der Waals surface area contributed by atoms with Gasteiger partial charge in [-0.2, -0.15) is 0 Å². The number of rotatable bonds is 2. The van der Waals surface area contributed by atoms with Gasteiger partial charge in [-0.15, -0.1) is 0 Å². The smallest absolute Gasteiger partial charge is 0.264 e. The third-order valence-corrected chi connectivity index (χ3v) is 5.32. The van der Waals surface area contributed by atoms with Gasteiger partial charge in [0.15, 0.2) is 0 Å². The molecule has 2 aliphatic carbocycles. The molecule has 5 heteroatoms. The second kappa shape index (κ2) is 7.90. The topological polar surface area (TPSA) is 52.6 Å². The fraction of sp³-hybridized carbons (Fsp3) is 0.933. The van der Waals surface area contributed by atoms with E-state index in [1.807, 2.05) is 0 Å². The molecule has 2 saturated carbocycles. The molecular weight excluding hydrogens is 467 g/mol. The van der Waals surface area contributed by atoms with Gasteiger partial charge in [0.1, 0.15) is 6.17 Å². The summed E-state index contributed by atoms with van der Waals surface area (Å²) in [4.78, 5) is 12.3. The van der Waals surface area contributed by atoms with Crippen LogP contribution >= 0.6 is 0 Å². The Morgan fingerprint density at radius 2 is 1.40 bits per heavy atom. The van der Waals surface area contributed by atoms with Crippen molar-refractivity contribution < 1.29 is 54.1 Å². The van der Waals surface area contributed by atoms with Crippen molar-refractivity contribution >= 4 is 5.91 Å². The van der Waals surface area contributed by atoms with Crippen LogP contribution in [0.4, 0.5) is 0 Å². The maximum Gasteiger partial charge on any atom is 0.264 e. The van der Waals surface area contributed by atoms with Crippen LogP contribution < -0.4 is 5.32 Å². The Kier molecular flexibility index (Phi) is 6.79. The number of carbonyl (C=O) groups excluding carboxylic acids is 1. The minimum Gasteiger partial charge on any atom is -0.284 e. The van der Waals surface area contributed by atoms with Crippen molar-refractivity contribution in [2.45, 2.75) is 76.4 Å². The first-order chi connectivity index (χ1) is 9.27. The molecule has 2 atom stereocenters. The van der Waals surface area contributed by atoms with Crippen molar-refractivity contribution in [2.24, 2.45) is 11.8 Å². The number of hydrogen-bond donors (Lipinski definition) is 2. The summed E-state index contributed by atoms with van der Waals surface area (Å²) in [5.74, 6) is 0.795. The third kappa shape index (κ3) is 3.59. The van der Waals surface area contributed by atoms with Gasteiger partial charge in [0, 0.05) is 44.1 Å². The zero-order valence-corrected chi connectivity index (χ0v) is 17.0. The van der Waals surface area contributed by atoms with Crippen LogP contribution in [0.2, 0.25) is 0 Å². The molecule has 1 saturated heterocycles. The van der Waals surface area contributed by atoms with E-state index in [-0.39, 0.29) is 62.2 Å². The molecule has 20 heavy (non-hydrogen) atoms. The summed E-state index contributed by atoms with van der Waals surface area (Å²) >= 11 is 0. The molecular formula is C15H26AcN2O2. The van der Waals surface area contributed by atoms with Gasteiger partial charge in [-0.3, -0.25) is 15.3 Å². The summed E-state index contributed by atoms with van der Waals surface area (Å²) < 4.78 is 0. The number of hydroxylamine groups is 2. The summed E-state index contributed by atoms with van der Waals surface area (Å²) in [6.45, 7) is 0. The van der Waals surface area contributed by atoms with Crippen molar-refractivity contribution in [2.75, 3.05) is 0 Å². The van der Waals surface area contributed by atoms with Crippen LogP contribution in [-0.4, -0.2) is 28.4 Å². The molecule has 2 unspecified atom stereocenters. The van der Waals surface area contributed by atoms with Crippen molar-refractivity contribution in [1.82, 2.24) is 10.4 Å². The van der Waals surface area contributed by atoms with Gasteiger partial charge in [0.2, 0.25) is 0 Å². The first-order valence-electron chi connectivity index (χ1n) is 8.05. The first kappa shape index (κ1) is 17.2. The normalized spacial score (nSPS) is 33.2. The molecule has 3 aliphatic rings. The van der Waals surface area contributed by atoms with Crippen molar-refractivity contribution in [1.29, 1.82) is 0 Å². The summed E-state index contributed by atoms with van der Waals surface area (Å²) in [5.41, 5.74) is 0. The molecule has 0 aromatic heterocycles. The molecule has 1 aliphatic heterocycles. The van der Waals surface area contributed by atoms with Gasteiger partial charge in [-0.25, -0.2) is 5.06 Å². The van der Waals surface area contributed by atoms with Gasteiger partial charge in [0.05, 0.1) is 6.04 Å². The van der Waals surface area contributed by atoms with Gasteiger partial charge in [0.25, 0.3) is 5.91 Å². The van der Waals surface area contributed by atoms with Gasteiger partial charge >= 0.3 is 0 Å². The van der Waals surface area contributed by atoms with Crippen LogP contribution in [0.5, 0.6) is 0 Å². The summed E-state index contributed by atoms with van der Waals surface area (Å²) in [5, 5.41) is 14.6. The van der Waals surface area contributed by atoms with Crippen molar-refractivity contribution in [3.63, 3.8) is 0 Å². The van der Waals surface area contributed by atoms with E-state index in [1.54, 1.807) is 0 Å². The van der Waals surface area contributed by atoms with Crippen LogP contribution in [0.15, 0.2) is 0 Å². The zero-order valence-electron chi connectivity index (χ0n) is 12.3. The Bertz CT molecular complexity index is 328. The molecule has 1 radical (unpaired) electrons. The van der Waals surface area contributed by atoms with Gasteiger partial charge in [-0.1, -0.05) is 38.5 Å². The van der Waals surface area contributed by atoms with E-state index in [9.17, 15) is 10.0 Å². The Labute approximate surface area is 157 Å². The molecule has 3 fully saturated rings. The quantitative estimate of drug-likeness (QED) is 0.582. The second-order valence-electron chi connectivity index (χ2n) is 6.57. The predicted molar refractivity (Wildman–Crippen MR) is 72.5 cm³/mol. The van der Waals surface area contributed by atoms with Crippen LogP contribution in [0.25, 0.3) is 0 Å².